The van der Waals surface area contributed by atoms with Gasteiger partial charge in [0.1, 0.15) is 5.75 Å². The largest absolute Gasteiger partial charge is 0.481 e. The van der Waals surface area contributed by atoms with Crippen LogP contribution in [0.4, 0.5) is 11.4 Å². The first-order valence-corrected chi connectivity index (χ1v) is 8.41. The van der Waals surface area contributed by atoms with Crippen molar-refractivity contribution in [2.75, 3.05) is 16.8 Å². The molecule has 0 saturated carbocycles. The zero-order chi connectivity index (χ0) is 18.6. The van der Waals surface area contributed by atoms with Crippen LogP contribution in [0.1, 0.15) is 46.5 Å². The number of carbonyl (C=O) groups is 3. The summed E-state index contributed by atoms with van der Waals surface area (Å²) in [7, 11) is 0. The predicted octanol–water partition coefficient (Wildman–Crippen LogP) is 2.79. The van der Waals surface area contributed by atoms with Crippen LogP contribution in [0.15, 0.2) is 18.2 Å². The maximum Gasteiger partial charge on any atom is 0.303 e. The number of nitrogens with zero attached hydrogens (tertiary/aromatic N) is 1. The third kappa shape index (κ3) is 4.49. The van der Waals surface area contributed by atoms with Crippen LogP contribution in [-0.4, -0.2) is 35.0 Å². The number of aliphatic carboxylic acids is 1. The second-order valence-electron chi connectivity index (χ2n) is 6.55. The van der Waals surface area contributed by atoms with Crippen LogP contribution in [0.25, 0.3) is 0 Å². The Balaban J connectivity index is 2.23. The molecule has 0 saturated heterocycles. The van der Waals surface area contributed by atoms with Gasteiger partial charge in [-0.1, -0.05) is 13.3 Å². The van der Waals surface area contributed by atoms with Gasteiger partial charge in [-0.2, -0.15) is 0 Å². The van der Waals surface area contributed by atoms with Gasteiger partial charge < -0.3 is 20.1 Å². The zero-order valence-electron chi connectivity index (χ0n) is 14.8. The van der Waals surface area contributed by atoms with Gasteiger partial charge >= 0.3 is 5.97 Å². The molecule has 0 unspecified atom stereocenters. The third-order valence-corrected chi connectivity index (χ3v) is 3.96. The maximum atomic E-state index is 12.7. The van der Waals surface area contributed by atoms with E-state index < -0.39 is 11.6 Å². The number of amides is 2. The molecule has 0 atom stereocenters. The molecule has 0 spiro atoms. The van der Waals surface area contributed by atoms with Gasteiger partial charge in [0, 0.05) is 18.7 Å². The molecule has 25 heavy (non-hydrogen) atoms. The summed E-state index contributed by atoms with van der Waals surface area (Å²) < 4.78 is 5.80. The van der Waals surface area contributed by atoms with Gasteiger partial charge in [0.25, 0.3) is 5.91 Å². The molecule has 0 radical (unpaired) electrons. The Bertz CT molecular complexity index is 684. The smallest absolute Gasteiger partial charge is 0.303 e. The van der Waals surface area contributed by atoms with Crippen LogP contribution in [-0.2, 0) is 14.4 Å². The highest BCUT2D eigenvalue weighted by molar-refractivity contribution is 6.03. The minimum Gasteiger partial charge on any atom is -0.481 e. The zero-order valence-corrected chi connectivity index (χ0v) is 14.8. The minimum absolute atomic E-state index is 0.103. The topological polar surface area (TPSA) is 95.9 Å². The van der Waals surface area contributed by atoms with Crippen LogP contribution in [0.5, 0.6) is 5.75 Å². The second-order valence-corrected chi connectivity index (χ2v) is 6.55. The number of carbonyl (C=O) groups excluding carboxylic acids is 2. The summed E-state index contributed by atoms with van der Waals surface area (Å²) in [6.45, 7) is 6.10. The molecule has 7 heteroatoms. The van der Waals surface area contributed by atoms with E-state index >= 15 is 0 Å². The molecule has 2 rings (SSSR count). The minimum atomic E-state index is -1.02. The second kappa shape index (κ2) is 7.55. The van der Waals surface area contributed by atoms with Crippen LogP contribution < -0.4 is 15.0 Å². The number of nitrogens with one attached hydrogen (secondary N) is 1. The molecular weight excluding hydrogens is 324 g/mol. The lowest BCUT2D eigenvalue weighted by atomic mass is 10.0. The molecule has 2 amide bonds. The number of benzene rings is 1. The summed E-state index contributed by atoms with van der Waals surface area (Å²) in [5.74, 6) is -0.939. The van der Waals surface area contributed by atoms with Gasteiger partial charge in [-0.15, -0.1) is 0 Å². The molecule has 136 valence electrons. The lowest BCUT2D eigenvalue weighted by molar-refractivity contribution is -0.138. The van der Waals surface area contributed by atoms with Gasteiger partial charge in [0.15, 0.2) is 5.60 Å². The summed E-state index contributed by atoms with van der Waals surface area (Å²) >= 11 is 0. The number of hydrogen-bond donors (Lipinski definition) is 2. The van der Waals surface area contributed by atoms with E-state index in [-0.39, 0.29) is 24.7 Å². The molecule has 2 N–H and O–H groups in total. The van der Waals surface area contributed by atoms with E-state index in [0.29, 0.717) is 23.7 Å². The van der Waals surface area contributed by atoms with Crippen LogP contribution in [0.2, 0.25) is 0 Å². The number of fused-ring (bicyclic) bond motifs is 1. The van der Waals surface area contributed by atoms with E-state index in [4.69, 9.17) is 9.84 Å². The summed E-state index contributed by atoms with van der Waals surface area (Å²) in [6, 6.07) is 5.09. The van der Waals surface area contributed by atoms with Crippen LogP contribution in [0, 0.1) is 0 Å². The number of carboxylic acid groups (broad SMARTS) is 1. The summed E-state index contributed by atoms with van der Waals surface area (Å²) in [6.07, 6.45) is 1.48. The van der Waals surface area contributed by atoms with Crippen molar-refractivity contribution in [2.24, 2.45) is 0 Å². The Morgan fingerprint density at radius 1 is 1.28 bits per heavy atom. The first kappa shape index (κ1) is 18.8. The Hall–Kier alpha value is -2.57. The van der Waals surface area contributed by atoms with E-state index in [1.165, 1.54) is 0 Å². The van der Waals surface area contributed by atoms with Crippen molar-refractivity contribution < 1.29 is 24.2 Å². The molecular formula is C18H24N2O5. The predicted molar refractivity (Wildman–Crippen MR) is 93.9 cm³/mol. The van der Waals surface area contributed by atoms with E-state index in [1.54, 1.807) is 36.9 Å². The molecule has 1 aromatic carbocycles. The number of hydrogen-bond acceptors (Lipinski definition) is 4. The maximum absolute atomic E-state index is 12.7. The van der Waals surface area contributed by atoms with Crippen molar-refractivity contribution in [1.29, 1.82) is 0 Å². The molecule has 0 fully saturated rings. The Morgan fingerprint density at radius 2 is 2.00 bits per heavy atom. The average Bonchev–Trinajstić information content (AvgIpc) is 2.54. The highest BCUT2D eigenvalue weighted by atomic mass is 16.5. The quantitative estimate of drug-likeness (QED) is 0.790. The molecule has 7 nitrogen and oxygen atoms in total. The van der Waals surface area contributed by atoms with E-state index in [2.05, 4.69) is 12.2 Å². The van der Waals surface area contributed by atoms with Crippen molar-refractivity contribution in [3.8, 4) is 5.75 Å². The first-order chi connectivity index (χ1) is 11.7. The fraction of sp³-hybridized carbons (Fsp3) is 0.500. The summed E-state index contributed by atoms with van der Waals surface area (Å²) in [5.41, 5.74) is 0.188. The standard InChI is InChI=1S/C18H24N2O5/c1-4-5-10-20-13-11-12(19-15(21)8-9-16(22)23)6-7-14(13)25-18(2,3)17(20)24/h6-7,11H,4-5,8-10H2,1-3H3,(H,19,21)(H,22,23). The van der Waals surface area contributed by atoms with E-state index in [0.717, 1.165) is 12.8 Å². The van der Waals surface area contributed by atoms with Gasteiger partial charge in [-0.05, 0) is 38.5 Å². The summed E-state index contributed by atoms with van der Waals surface area (Å²) in [4.78, 5) is 36.7. The first-order valence-electron chi connectivity index (χ1n) is 8.41. The van der Waals surface area contributed by atoms with Crippen LogP contribution in [0.3, 0.4) is 0 Å². The molecule has 1 aromatic rings. The molecule has 1 aliphatic heterocycles. The number of rotatable bonds is 7. The van der Waals surface area contributed by atoms with E-state index in [1.807, 2.05) is 0 Å². The highest BCUT2D eigenvalue weighted by Gasteiger charge is 2.40. The normalized spacial score (nSPS) is 15.3. The molecule has 0 aromatic heterocycles. The number of ether oxygens (including phenoxy) is 1. The number of unbranched alkanes of at least 4 members (excludes halogenated alkanes) is 1. The number of carboxylic acids is 1. The van der Waals surface area contributed by atoms with Crippen molar-refractivity contribution in [3.63, 3.8) is 0 Å². The third-order valence-electron chi connectivity index (χ3n) is 3.96. The summed E-state index contributed by atoms with van der Waals surface area (Å²) in [5, 5.41) is 11.3. The van der Waals surface area contributed by atoms with Crippen LogP contribution >= 0.6 is 0 Å². The fourth-order valence-electron chi connectivity index (χ4n) is 2.63. The molecule has 0 aliphatic carbocycles. The van der Waals surface area contributed by atoms with Crippen molar-refractivity contribution in [3.05, 3.63) is 18.2 Å². The molecule has 0 bridgehead atoms. The average molecular weight is 348 g/mol. The Morgan fingerprint density at radius 3 is 2.64 bits per heavy atom. The fourth-order valence-corrected chi connectivity index (χ4v) is 2.63. The van der Waals surface area contributed by atoms with Gasteiger partial charge in [-0.25, -0.2) is 0 Å². The lowest BCUT2D eigenvalue weighted by Crippen LogP contribution is -2.52. The lowest BCUT2D eigenvalue weighted by Gasteiger charge is -2.39. The Kier molecular flexibility index (Phi) is 5.66. The van der Waals surface area contributed by atoms with Crippen molar-refractivity contribution >= 4 is 29.2 Å². The SMILES string of the molecule is CCCCN1C(=O)C(C)(C)Oc2ccc(NC(=O)CCC(=O)O)cc21. The number of anilines is 2. The molecule has 1 heterocycles. The van der Waals surface area contributed by atoms with E-state index in [9.17, 15) is 14.4 Å². The monoisotopic (exact) mass is 348 g/mol. The molecule has 1 aliphatic rings. The van der Waals surface area contributed by atoms with Crippen molar-refractivity contribution in [2.45, 2.75) is 52.1 Å². The van der Waals surface area contributed by atoms with Gasteiger partial charge in [-0.3, -0.25) is 14.4 Å². The Labute approximate surface area is 147 Å². The van der Waals surface area contributed by atoms with Gasteiger partial charge in [0.2, 0.25) is 5.91 Å². The van der Waals surface area contributed by atoms with Gasteiger partial charge in [0.05, 0.1) is 12.1 Å². The highest BCUT2D eigenvalue weighted by Crippen LogP contribution is 2.39. The van der Waals surface area contributed by atoms with Crippen molar-refractivity contribution in [1.82, 2.24) is 0 Å².